The van der Waals surface area contributed by atoms with Crippen LogP contribution >= 0.6 is 11.6 Å². The molecule has 0 radical (unpaired) electrons. The number of benzene rings is 1. The molecule has 0 aliphatic carbocycles. The Labute approximate surface area is 112 Å². The van der Waals surface area contributed by atoms with Gasteiger partial charge in [0.25, 0.3) is 11.7 Å². The molecule has 0 bridgehead atoms. The van der Waals surface area contributed by atoms with E-state index in [0.717, 1.165) is 5.39 Å². The van der Waals surface area contributed by atoms with Crippen LogP contribution in [0.25, 0.3) is 10.9 Å². The van der Waals surface area contributed by atoms with Gasteiger partial charge in [0.2, 0.25) is 0 Å². The fourth-order valence-electron chi connectivity index (χ4n) is 1.69. The van der Waals surface area contributed by atoms with Gasteiger partial charge in [-0.05, 0) is 23.4 Å². The van der Waals surface area contributed by atoms with Crippen LogP contribution in [0.4, 0.5) is 5.69 Å². The van der Waals surface area contributed by atoms with Gasteiger partial charge in [0, 0.05) is 16.6 Å². The number of carbonyl (C=O) groups excluding carboxylic acids is 1. The zero-order valence-corrected chi connectivity index (χ0v) is 10.2. The summed E-state index contributed by atoms with van der Waals surface area (Å²) in [5.74, 6) is -0.535. The largest absolute Gasteiger partial charge is 0.317 e. The second-order valence-electron chi connectivity index (χ2n) is 3.72. The number of aromatic amines is 1. The molecular weight excluding hydrogens is 268 g/mol. The number of nitrogens with one attached hydrogen (secondary N) is 2. The smallest absolute Gasteiger partial charge is 0.297 e. The number of nitrogens with zero attached hydrogens (tertiary/aromatic N) is 4. The quantitative estimate of drug-likeness (QED) is 0.741. The van der Waals surface area contributed by atoms with Crippen LogP contribution in [0, 0.1) is 0 Å². The van der Waals surface area contributed by atoms with Crippen LogP contribution in [-0.4, -0.2) is 31.5 Å². The van der Waals surface area contributed by atoms with E-state index in [1.165, 1.54) is 0 Å². The molecule has 0 fully saturated rings. The number of carbonyl (C=O) groups is 1. The highest BCUT2D eigenvalue weighted by Gasteiger charge is 2.13. The molecule has 2 N–H and O–H groups in total. The number of rotatable bonds is 2. The summed E-state index contributed by atoms with van der Waals surface area (Å²) in [6.45, 7) is 0. The summed E-state index contributed by atoms with van der Waals surface area (Å²) >= 11 is 6.00. The van der Waals surface area contributed by atoms with Gasteiger partial charge in [-0.2, -0.15) is 5.21 Å². The minimum Gasteiger partial charge on any atom is -0.317 e. The number of H-pyrrole nitrogens is 1. The monoisotopic (exact) mass is 274 g/mol. The minimum atomic E-state index is -0.483. The average Bonchev–Trinajstić information content (AvgIpc) is 2.92. The summed E-state index contributed by atoms with van der Waals surface area (Å²) in [6.07, 6.45) is 1.64. The Balaban J connectivity index is 2.03. The molecule has 0 atom stereocenters. The van der Waals surface area contributed by atoms with E-state index >= 15 is 0 Å². The lowest BCUT2D eigenvalue weighted by Gasteiger charge is -2.07. The Morgan fingerprint density at radius 2 is 2.26 bits per heavy atom. The lowest BCUT2D eigenvalue weighted by Crippen LogP contribution is -2.14. The number of pyridine rings is 1. The normalized spacial score (nSPS) is 10.6. The first-order chi connectivity index (χ1) is 9.24. The minimum absolute atomic E-state index is 0.0518. The Morgan fingerprint density at radius 3 is 3.05 bits per heavy atom. The first-order valence-electron chi connectivity index (χ1n) is 5.33. The van der Waals surface area contributed by atoms with Crippen LogP contribution in [0.2, 0.25) is 5.02 Å². The third-order valence-corrected chi connectivity index (χ3v) is 2.68. The number of amides is 1. The third-order valence-electron chi connectivity index (χ3n) is 2.47. The van der Waals surface area contributed by atoms with Crippen molar-refractivity contribution in [2.24, 2.45) is 0 Å². The molecule has 3 rings (SSSR count). The zero-order valence-electron chi connectivity index (χ0n) is 9.46. The van der Waals surface area contributed by atoms with Gasteiger partial charge in [-0.1, -0.05) is 17.7 Å². The number of anilines is 1. The van der Waals surface area contributed by atoms with Crippen LogP contribution < -0.4 is 5.32 Å². The molecule has 0 aliphatic heterocycles. The predicted octanol–water partition coefficient (Wildman–Crippen LogP) is 1.65. The van der Waals surface area contributed by atoms with Crippen LogP contribution in [0.15, 0.2) is 30.5 Å². The molecule has 7 nitrogen and oxygen atoms in total. The first kappa shape index (κ1) is 11.5. The molecule has 19 heavy (non-hydrogen) atoms. The third kappa shape index (κ3) is 2.23. The second kappa shape index (κ2) is 4.62. The highest BCUT2D eigenvalue weighted by molar-refractivity contribution is 6.32. The number of fused-ring (bicyclic) bond motifs is 1. The topological polar surface area (TPSA) is 96.5 Å². The van der Waals surface area contributed by atoms with Crippen molar-refractivity contribution in [1.82, 2.24) is 25.6 Å². The van der Waals surface area contributed by atoms with Gasteiger partial charge in [-0.15, -0.1) is 10.2 Å². The van der Waals surface area contributed by atoms with Gasteiger partial charge in [0.15, 0.2) is 0 Å². The first-order valence-corrected chi connectivity index (χ1v) is 5.71. The van der Waals surface area contributed by atoms with Crippen molar-refractivity contribution in [3.63, 3.8) is 0 Å². The maximum atomic E-state index is 11.9. The zero-order chi connectivity index (χ0) is 13.2. The van der Waals surface area contributed by atoms with Crippen molar-refractivity contribution in [3.05, 3.63) is 41.3 Å². The summed E-state index contributed by atoms with van der Waals surface area (Å²) in [5.41, 5.74) is 1.14. The molecule has 2 aromatic heterocycles. The predicted molar refractivity (Wildman–Crippen MR) is 68.9 cm³/mol. The Hall–Kier alpha value is -2.54. The lowest BCUT2D eigenvalue weighted by atomic mass is 10.2. The molecule has 0 unspecified atom stereocenters. The fraction of sp³-hybridized carbons (Fsp3) is 0. The van der Waals surface area contributed by atoms with Crippen molar-refractivity contribution >= 4 is 34.1 Å². The lowest BCUT2D eigenvalue weighted by molar-refractivity contribution is 0.101. The fourth-order valence-corrected chi connectivity index (χ4v) is 1.91. The van der Waals surface area contributed by atoms with Crippen molar-refractivity contribution in [2.45, 2.75) is 0 Å². The maximum Gasteiger partial charge on any atom is 0.297 e. The number of hydrogen-bond donors (Lipinski definition) is 2. The Bertz CT molecular complexity index is 742. The van der Waals surface area contributed by atoms with Gasteiger partial charge in [0.1, 0.15) is 0 Å². The number of tetrazole rings is 1. The standard InChI is InChI=1S/C11H7ClN6O/c12-7-4-6-2-1-3-13-9(6)8(5-7)14-11(19)10-15-17-18-16-10/h1-5H,(H,14,19)(H,15,16,17,18). The van der Waals surface area contributed by atoms with Crippen LogP contribution in [0.3, 0.4) is 0 Å². The second-order valence-corrected chi connectivity index (χ2v) is 4.15. The molecule has 3 aromatic rings. The van der Waals surface area contributed by atoms with E-state index in [4.69, 9.17) is 11.6 Å². The molecule has 0 saturated heterocycles. The summed E-state index contributed by atoms with van der Waals surface area (Å²) in [5, 5.41) is 16.7. The van der Waals surface area contributed by atoms with Crippen molar-refractivity contribution < 1.29 is 4.79 Å². The molecule has 1 aromatic carbocycles. The molecular formula is C11H7ClN6O. The van der Waals surface area contributed by atoms with Gasteiger partial charge < -0.3 is 5.32 Å². The van der Waals surface area contributed by atoms with Crippen molar-refractivity contribution in [1.29, 1.82) is 0 Å². The summed E-state index contributed by atoms with van der Waals surface area (Å²) in [6, 6.07) is 7.05. The highest BCUT2D eigenvalue weighted by Crippen LogP contribution is 2.26. The molecule has 0 spiro atoms. The average molecular weight is 275 g/mol. The summed E-state index contributed by atoms with van der Waals surface area (Å²) in [4.78, 5) is 16.1. The van der Waals surface area contributed by atoms with Gasteiger partial charge >= 0.3 is 0 Å². The van der Waals surface area contributed by atoms with Crippen LogP contribution in [0.1, 0.15) is 10.6 Å². The Morgan fingerprint density at radius 1 is 1.37 bits per heavy atom. The maximum absolute atomic E-state index is 11.9. The van der Waals surface area contributed by atoms with E-state index in [2.05, 4.69) is 30.9 Å². The molecule has 8 heteroatoms. The molecule has 2 heterocycles. The number of hydrogen-bond acceptors (Lipinski definition) is 5. The molecule has 0 aliphatic rings. The van der Waals surface area contributed by atoms with E-state index in [1.807, 2.05) is 6.07 Å². The summed E-state index contributed by atoms with van der Waals surface area (Å²) < 4.78 is 0. The number of aromatic nitrogens is 5. The molecule has 94 valence electrons. The molecule has 0 saturated carbocycles. The van der Waals surface area contributed by atoms with E-state index in [-0.39, 0.29) is 5.82 Å². The van der Waals surface area contributed by atoms with Crippen LogP contribution in [0.5, 0.6) is 0 Å². The van der Waals surface area contributed by atoms with E-state index in [9.17, 15) is 4.79 Å². The van der Waals surface area contributed by atoms with E-state index < -0.39 is 5.91 Å². The van der Waals surface area contributed by atoms with Crippen molar-refractivity contribution in [3.8, 4) is 0 Å². The SMILES string of the molecule is O=C(Nc1cc(Cl)cc2cccnc12)c1nn[nH]n1. The van der Waals surface area contributed by atoms with E-state index in [1.54, 1.807) is 24.4 Å². The number of halogens is 1. The van der Waals surface area contributed by atoms with Crippen LogP contribution in [-0.2, 0) is 0 Å². The van der Waals surface area contributed by atoms with Gasteiger partial charge in [0.05, 0.1) is 11.2 Å². The summed E-state index contributed by atoms with van der Waals surface area (Å²) in [7, 11) is 0. The van der Waals surface area contributed by atoms with Crippen molar-refractivity contribution in [2.75, 3.05) is 5.32 Å². The van der Waals surface area contributed by atoms with Gasteiger partial charge in [-0.3, -0.25) is 9.78 Å². The Kier molecular flexibility index (Phi) is 2.81. The van der Waals surface area contributed by atoms with Gasteiger partial charge in [-0.25, -0.2) is 0 Å². The van der Waals surface area contributed by atoms with E-state index in [0.29, 0.717) is 16.2 Å². The molecule has 1 amide bonds. The highest BCUT2D eigenvalue weighted by atomic mass is 35.5.